The Hall–Kier alpha value is -1.69. The predicted octanol–water partition coefficient (Wildman–Crippen LogP) is -0.775. The van der Waals surface area contributed by atoms with Crippen LogP contribution in [0.2, 0.25) is 0 Å². The third-order valence-electron chi connectivity index (χ3n) is 2.38. The number of aliphatic hydroxyl groups is 1. The van der Waals surface area contributed by atoms with E-state index in [1.165, 1.54) is 21.1 Å². The fourth-order valence-corrected chi connectivity index (χ4v) is 1.56. The normalized spacial score (nSPS) is 25.5. The summed E-state index contributed by atoms with van der Waals surface area (Å²) in [5, 5.41) is 10.1. The summed E-state index contributed by atoms with van der Waals surface area (Å²) < 4.78 is 4.79. The van der Waals surface area contributed by atoms with Crippen molar-refractivity contribution < 1.29 is 24.2 Å². The van der Waals surface area contributed by atoms with Gasteiger partial charge in [-0.25, -0.2) is 0 Å². The van der Waals surface area contributed by atoms with Crippen LogP contribution in [0.3, 0.4) is 0 Å². The van der Waals surface area contributed by atoms with E-state index in [9.17, 15) is 19.5 Å². The van der Waals surface area contributed by atoms with Crippen molar-refractivity contribution in [2.45, 2.75) is 18.9 Å². The standard InChI is InChI=1S/C10H13NO5/c1-6(12)5-10(15)7(16-3)4-8(13)11(2)9(10)14/h4,15H,5H2,1-3H3. The van der Waals surface area contributed by atoms with Crippen LogP contribution in [-0.2, 0) is 19.1 Å². The van der Waals surface area contributed by atoms with Gasteiger partial charge in [0.05, 0.1) is 13.5 Å². The van der Waals surface area contributed by atoms with Crippen molar-refractivity contribution in [1.82, 2.24) is 4.90 Å². The monoisotopic (exact) mass is 227 g/mol. The largest absolute Gasteiger partial charge is 0.497 e. The molecular weight excluding hydrogens is 214 g/mol. The molecular formula is C10H13NO5. The Labute approximate surface area is 92.5 Å². The number of amides is 2. The molecule has 1 atom stereocenters. The number of methoxy groups -OCH3 is 1. The van der Waals surface area contributed by atoms with Crippen LogP contribution in [0.4, 0.5) is 0 Å². The summed E-state index contributed by atoms with van der Waals surface area (Å²) in [5.74, 6) is -2.01. The SMILES string of the molecule is COC1=CC(=O)N(C)C(=O)C1(O)CC(C)=O. The highest BCUT2D eigenvalue weighted by Gasteiger charge is 2.48. The van der Waals surface area contributed by atoms with Crippen LogP contribution in [0.1, 0.15) is 13.3 Å². The fraction of sp³-hybridized carbons (Fsp3) is 0.500. The maximum Gasteiger partial charge on any atom is 0.269 e. The average Bonchev–Trinajstić information content (AvgIpc) is 2.20. The summed E-state index contributed by atoms with van der Waals surface area (Å²) in [6.07, 6.45) is 0.591. The van der Waals surface area contributed by atoms with Crippen molar-refractivity contribution in [2.24, 2.45) is 0 Å². The molecule has 16 heavy (non-hydrogen) atoms. The minimum atomic E-state index is -2.07. The maximum absolute atomic E-state index is 11.7. The number of hydrogen-bond donors (Lipinski definition) is 1. The van der Waals surface area contributed by atoms with E-state index in [0.29, 0.717) is 0 Å². The summed E-state index contributed by atoms with van der Waals surface area (Å²) >= 11 is 0. The first-order chi connectivity index (χ1) is 7.32. The van der Waals surface area contributed by atoms with Crippen molar-refractivity contribution in [1.29, 1.82) is 0 Å². The van der Waals surface area contributed by atoms with E-state index in [-0.39, 0.29) is 11.5 Å². The Morgan fingerprint density at radius 3 is 2.56 bits per heavy atom. The Bertz CT molecular complexity index is 387. The molecule has 0 spiro atoms. The number of imide groups is 1. The fourth-order valence-electron chi connectivity index (χ4n) is 1.56. The zero-order chi connectivity index (χ0) is 12.5. The molecule has 1 N–H and O–H groups in total. The second-order valence-corrected chi connectivity index (χ2v) is 3.65. The molecule has 1 heterocycles. The first kappa shape index (κ1) is 12.4. The summed E-state index contributed by atoms with van der Waals surface area (Å²) in [4.78, 5) is 34.8. The zero-order valence-electron chi connectivity index (χ0n) is 9.31. The van der Waals surface area contributed by atoms with Gasteiger partial charge in [-0.1, -0.05) is 0 Å². The van der Waals surface area contributed by atoms with E-state index in [0.717, 1.165) is 11.0 Å². The van der Waals surface area contributed by atoms with E-state index < -0.39 is 23.8 Å². The summed E-state index contributed by atoms with van der Waals surface area (Å²) in [6, 6.07) is 0. The molecule has 6 heteroatoms. The van der Waals surface area contributed by atoms with E-state index >= 15 is 0 Å². The van der Waals surface area contributed by atoms with Crippen LogP contribution in [0.5, 0.6) is 0 Å². The number of nitrogens with zero attached hydrogens (tertiary/aromatic N) is 1. The van der Waals surface area contributed by atoms with Gasteiger partial charge >= 0.3 is 0 Å². The number of ether oxygens (including phenoxy) is 1. The second-order valence-electron chi connectivity index (χ2n) is 3.65. The van der Waals surface area contributed by atoms with Crippen molar-refractivity contribution in [3.63, 3.8) is 0 Å². The number of rotatable bonds is 3. The Kier molecular flexibility index (Phi) is 3.14. The minimum absolute atomic E-state index is 0.198. The lowest BCUT2D eigenvalue weighted by Crippen LogP contribution is -2.55. The number of Topliss-reactive ketones (excluding diaryl/α,β-unsaturated/α-hetero) is 1. The molecule has 0 aromatic heterocycles. The lowest BCUT2D eigenvalue weighted by atomic mass is 9.90. The lowest BCUT2D eigenvalue weighted by molar-refractivity contribution is -0.160. The molecule has 0 aromatic carbocycles. The molecule has 0 saturated carbocycles. The third kappa shape index (κ3) is 1.83. The van der Waals surface area contributed by atoms with Crippen LogP contribution in [0, 0.1) is 0 Å². The molecule has 0 radical (unpaired) electrons. The molecule has 0 aliphatic carbocycles. The van der Waals surface area contributed by atoms with Gasteiger partial charge in [0.25, 0.3) is 11.8 Å². The summed E-state index contributed by atoms with van der Waals surface area (Å²) in [7, 11) is 2.46. The molecule has 6 nitrogen and oxygen atoms in total. The molecule has 1 aliphatic heterocycles. The Balaban J connectivity index is 3.22. The van der Waals surface area contributed by atoms with Crippen LogP contribution < -0.4 is 0 Å². The van der Waals surface area contributed by atoms with Crippen LogP contribution in [0.15, 0.2) is 11.8 Å². The summed E-state index contributed by atoms with van der Waals surface area (Å²) in [5.41, 5.74) is -2.07. The van der Waals surface area contributed by atoms with Gasteiger partial charge in [-0.3, -0.25) is 19.3 Å². The smallest absolute Gasteiger partial charge is 0.269 e. The van der Waals surface area contributed by atoms with Crippen molar-refractivity contribution in [2.75, 3.05) is 14.2 Å². The molecule has 0 aromatic rings. The first-order valence-corrected chi connectivity index (χ1v) is 4.63. The Morgan fingerprint density at radius 2 is 2.12 bits per heavy atom. The quantitative estimate of drug-likeness (QED) is 0.640. The number of hydrogen-bond acceptors (Lipinski definition) is 5. The van der Waals surface area contributed by atoms with Crippen molar-refractivity contribution in [3.8, 4) is 0 Å². The van der Waals surface area contributed by atoms with Crippen molar-refractivity contribution in [3.05, 3.63) is 11.8 Å². The van der Waals surface area contributed by atoms with Gasteiger partial charge in [-0.05, 0) is 6.92 Å². The van der Waals surface area contributed by atoms with Crippen LogP contribution >= 0.6 is 0 Å². The molecule has 1 aliphatic rings. The van der Waals surface area contributed by atoms with Gasteiger partial charge < -0.3 is 9.84 Å². The zero-order valence-corrected chi connectivity index (χ0v) is 9.31. The number of carbonyl (C=O) groups excluding carboxylic acids is 3. The molecule has 1 rings (SSSR count). The Morgan fingerprint density at radius 1 is 1.56 bits per heavy atom. The molecule has 1 unspecified atom stereocenters. The van der Waals surface area contributed by atoms with Crippen LogP contribution in [0.25, 0.3) is 0 Å². The highest BCUT2D eigenvalue weighted by molar-refractivity contribution is 6.09. The van der Waals surface area contributed by atoms with Gasteiger partial charge in [0.1, 0.15) is 11.5 Å². The number of ketones is 1. The van der Waals surface area contributed by atoms with E-state index in [1.807, 2.05) is 0 Å². The predicted molar refractivity (Wildman–Crippen MR) is 53.1 cm³/mol. The third-order valence-corrected chi connectivity index (χ3v) is 2.38. The van der Waals surface area contributed by atoms with Gasteiger partial charge in [-0.2, -0.15) is 0 Å². The number of likely N-dealkylation sites (N-methyl/N-ethyl adjacent to an activating group) is 1. The highest BCUT2D eigenvalue weighted by atomic mass is 16.5. The summed E-state index contributed by atoms with van der Waals surface area (Å²) in [6.45, 7) is 1.24. The molecule has 0 fully saturated rings. The van der Waals surface area contributed by atoms with Gasteiger partial charge in [0, 0.05) is 13.1 Å². The number of carbonyl (C=O) groups is 3. The molecule has 0 bridgehead atoms. The minimum Gasteiger partial charge on any atom is -0.497 e. The van der Waals surface area contributed by atoms with Gasteiger partial charge in [-0.15, -0.1) is 0 Å². The second kappa shape index (κ2) is 4.05. The van der Waals surface area contributed by atoms with Gasteiger partial charge in [0.2, 0.25) is 5.60 Å². The molecule has 0 saturated heterocycles. The molecule has 88 valence electrons. The highest BCUT2D eigenvalue weighted by Crippen LogP contribution is 2.28. The van der Waals surface area contributed by atoms with Crippen LogP contribution in [-0.4, -0.2) is 47.4 Å². The lowest BCUT2D eigenvalue weighted by Gasteiger charge is -2.33. The maximum atomic E-state index is 11.7. The van der Waals surface area contributed by atoms with E-state index in [4.69, 9.17) is 4.74 Å². The topological polar surface area (TPSA) is 83.9 Å². The van der Waals surface area contributed by atoms with Crippen molar-refractivity contribution >= 4 is 17.6 Å². The molecule has 2 amide bonds. The average molecular weight is 227 g/mol. The first-order valence-electron chi connectivity index (χ1n) is 4.63. The van der Waals surface area contributed by atoms with Gasteiger partial charge in [0.15, 0.2) is 0 Å². The van der Waals surface area contributed by atoms with E-state index in [2.05, 4.69) is 0 Å². The van der Waals surface area contributed by atoms with E-state index in [1.54, 1.807) is 0 Å².